The molecule has 0 aliphatic rings. The third kappa shape index (κ3) is 3.31. The first-order valence-electron chi connectivity index (χ1n) is 8.25. The molecule has 0 saturated heterocycles. The predicted octanol–water partition coefficient (Wildman–Crippen LogP) is 5.06. The highest BCUT2D eigenvalue weighted by molar-refractivity contribution is 5.85. The fourth-order valence-electron chi connectivity index (χ4n) is 2.99. The van der Waals surface area contributed by atoms with E-state index in [-0.39, 0.29) is 0 Å². The molecule has 0 N–H and O–H groups in total. The Labute approximate surface area is 153 Å². The van der Waals surface area contributed by atoms with Gasteiger partial charge in [0, 0.05) is 22.8 Å². The summed E-state index contributed by atoms with van der Waals surface area (Å²) in [6.45, 7) is 0. The molecular formula is C22H22O4. The first-order chi connectivity index (χ1) is 12.7. The van der Waals surface area contributed by atoms with Gasteiger partial charge >= 0.3 is 0 Å². The molecule has 0 fully saturated rings. The molecule has 0 bridgehead atoms. The zero-order valence-electron chi connectivity index (χ0n) is 15.4. The van der Waals surface area contributed by atoms with Crippen molar-refractivity contribution in [1.82, 2.24) is 0 Å². The van der Waals surface area contributed by atoms with E-state index in [1.54, 1.807) is 28.4 Å². The van der Waals surface area contributed by atoms with Crippen LogP contribution in [0.2, 0.25) is 0 Å². The first-order valence-corrected chi connectivity index (χ1v) is 8.25. The molecule has 0 saturated carbocycles. The number of rotatable bonds is 6. The molecule has 0 spiro atoms. The van der Waals surface area contributed by atoms with E-state index in [1.165, 1.54) is 0 Å². The Balaban J connectivity index is 2.15. The van der Waals surface area contributed by atoms with Gasteiger partial charge in [0.05, 0.1) is 28.4 Å². The maximum atomic E-state index is 5.78. The molecule has 26 heavy (non-hydrogen) atoms. The van der Waals surface area contributed by atoms with Crippen molar-refractivity contribution >= 4 is 0 Å². The second-order valence-electron chi connectivity index (χ2n) is 5.68. The van der Waals surface area contributed by atoms with Crippen LogP contribution in [0, 0.1) is 0 Å². The van der Waals surface area contributed by atoms with Crippen molar-refractivity contribution in [3.05, 3.63) is 60.7 Å². The van der Waals surface area contributed by atoms with Crippen LogP contribution in [0.5, 0.6) is 23.0 Å². The second kappa shape index (κ2) is 7.83. The lowest BCUT2D eigenvalue weighted by atomic mass is 9.96. The van der Waals surface area contributed by atoms with Crippen molar-refractivity contribution in [1.29, 1.82) is 0 Å². The Bertz CT molecular complexity index is 885. The molecular weight excluding hydrogens is 328 g/mol. The van der Waals surface area contributed by atoms with Gasteiger partial charge in [0.2, 0.25) is 0 Å². The molecule has 0 aliphatic carbocycles. The van der Waals surface area contributed by atoms with Crippen molar-refractivity contribution in [2.45, 2.75) is 0 Å². The molecule has 0 amide bonds. The van der Waals surface area contributed by atoms with Crippen molar-refractivity contribution in [2.75, 3.05) is 28.4 Å². The Morgan fingerprint density at radius 3 is 1.81 bits per heavy atom. The summed E-state index contributed by atoms with van der Waals surface area (Å²) < 4.78 is 21.9. The lowest BCUT2D eigenvalue weighted by molar-refractivity contribution is 0.394. The van der Waals surface area contributed by atoms with Crippen LogP contribution in [0.3, 0.4) is 0 Å². The molecule has 0 radical (unpaired) electrons. The number of benzene rings is 3. The number of para-hydroxylation sites is 1. The largest absolute Gasteiger partial charge is 0.497 e. The van der Waals surface area contributed by atoms with Gasteiger partial charge in [-0.25, -0.2) is 0 Å². The van der Waals surface area contributed by atoms with Crippen LogP contribution in [-0.4, -0.2) is 28.4 Å². The predicted molar refractivity (Wildman–Crippen MR) is 104 cm³/mol. The minimum absolute atomic E-state index is 0.731. The van der Waals surface area contributed by atoms with Crippen LogP contribution in [0.4, 0.5) is 0 Å². The lowest BCUT2D eigenvalue weighted by Gasteiger charge is -2.17. The number of ether oxygens (including phenoxy) is 4. The van der Waals surface area contributed by atoms with Crippen LogP contribution < -0.4 is 18.9 Å². The van der Waals surface area contributed by atoms with Crippen molar-refractivity contribution in [2.24, 2.45) is 0 Å². The highest BCUT2D eigenvalue weighted by Gasteiger charge is 2.16. The summed E-state index contributed by atoms with van der Waals surface area (Å²) in [5.41, 5.74) is 3.96. The SMILES string of the molecule is COc1ccc(-c2cccc(-c3ccc(OC)cc3OC)c2OC)cc1. The lowest BCUT2D eigenvalue weighted by Crippen LogP contribution is -1.95. The third-order valence-corrected chi connectivity index (χ3v) is 4.32. The average Bonchev–Trinajstić information content (AvgIpc) is 2.72. The van der Waals surface area contributed by atoms with Crippen molar-refractivity contribution < 1.29 is 18.9 Å². The first kappa shape index (κ1) is 17.7. The highest BCUT2D eigenvalue weighted by atomic mass is 16.5. The molecule has 0 atom stereocenters. The van der Waals surface area contributed by atoms with E-state index in [0.717, 1.165) is 45.3 Å². The van der Waals surface area contributed by atoms with Crippen LogP contribution in [0.25, 0.3) is 22.3 Å². The van der Waals surface area contributed by atoms with Gasteiger partial charge in [-0.1, -0.05) is 30.3 Å². The van der Waals surface area contributed by atoms with Gasteiger partial charge in [0.15, 0.2) is 0 Å². The smallest absolute Gasteiger partial charge is 0.134 e. The molecule has 4 heteroatoms. The Morgan fingerprint density at radius 2 is 1.19 bits per heavy atom. The van der Waals surface area contributed by atoms with E-state index in [0.29, 0.717) is 0 Å². The van der Waals surface area contributed by atoms with E-state index < -0.39 is 0 Å². The molecule has 0 heterocycles. The average molecular weight is 350 g/mol. The van der Waals surface area contributed by atoms with E-state index in [4.69, 9.17) is 18.9 Å². The molecule has 0 aromatic heterocycles. The highest BCUT2D eigenvalue weighted by Crippen LogP contribution is 2.43. The molecule has 3 rings (SSSR count). The van der Waals surface area contributed by atoms with E-state index in [2.05, 4.69) is 0 Å². The zero-order valence-corrected chi connectivity index (χ0v) is 15.4. The number of methoxy groups -OCH3 is 4. The summed E-state index contributed by atoms with van der Waals surface area (Å²) in [6, 6.07) is 19.8. The molecule has 3 aromatic rings. The summed E-state index contributed by atoms with van der Waals surface area (Å²) in [5, 5.41) is 0. The van der Waals surface area contributed by atoms with E-state index in [9.17, 15) is 0 Å². The van der Waals surface area contributed by atoms with Gasteiger partial charge in [0.1, 0.15) is 23.0 Å². The third-order valence-electron chi connectivity index (χ3n) is 4.32. The Morgan fingerprint density at radius 1 is 0.538 bits per heavy atom. The molecule has 0 unspecified atom stereocenters. The monoisotopic (exact) mass is 350 g/mol. The topological polar surface area (TPSA) is 36.9 Å². The van der Waals surface area contributed by atoms with Gasteiger partial charge in [-0.05, 0) is 29.8 Å². The fourth-order valence-corrected chi connectivity index (χ4v) is 2.99. The molecule has 134 valence electrons. The van der Waals surface area contributed by atoms with E-state index >= 15 is 0 Å². The maximum Gasteiger partial charge on any atom is 0.134 e. The van der Waals surface area contributed by atoms with Crippen LogP contribution in [0.15, 0.2) is 60.7 Å². The Hall–Kier alpha value is -3.14. The summed E-state index contributed by atoms with van der Waals surface area (Å²) in [4.78, 5) is 0. The normalized spacial score (nSPS) is 10.3. The minimum Gasteiger partial charge on any atom is -0.497 e. The Kier molecular flexibility index (Phi) is 5.32. The minimum atomic E-state index is 0.731. The summed E-state index contributed by atoms with van der Waals surface area (Å²) in [7, 11) is 6.63. The van der Waals surface area contributed by atoms with Crippen LogP contribution in [-0.2, 0) is 0 Å². The number of hydrogen-bond acceptors (Lipinski definition) is 4. The second-order valence-corrected chi connectivity index (χ2v) is 5.68. The standard InChI is InChI=1S/C22H22O4/c1-23-16-10-8-15(9-11-16)18-6-5-7-20(22(18)26-4)19-13-12-17(24-2)14-21(19)25-3/h5-14H,1-4H3. The quantitative estimate of drug-likeness (QED) is 0.623. The maximum absolute atomic E-state index is 5.78. The molecule has 4 nitrogen and oxygen atoms in total. The van der Waals surface area contributed by atoms with Gasteiger partial charge in [-0.2, -0.15) is 0 Å². The van der Waals surface area contributed by atoms with Gasteiger partial charge in [-0.15, -0.1) is 0 Å². The summed E-state index contributed by atoms with van der Waals surface area (Å²) in [5.74, 6) is 3.09. The van der Waals surface area contributed by atoms with E-state index in [1.807, 2.05) is 60.7 Å². The fraction of sp³-hybridized carbons (Fsp3) is 0.182. The van der Waals surface area contributed by atoms with Gasteiger partial charge in [-0.3, -0.25) is 0 Å². The van der Waals surface area contributed by atoms with Crippen molar-refractivity contribution in [3.8, 4) is 45.3 Å². The summed E-state index contributed by atoms with van der Waals surface area (Å²) >= 11 is 0. The summed E-state index contributed by atoms with van der Waals surface area (Å²) in [6.07, 6.45) is 0. The number of hydrogen-bond donors (Lipinski definition) is 0. The molecule has 0 aliphatic heterocycles. The molecule has 3 aromatic carbocycles. The van der Waals surface area contributed by atoms with Gasteiger partial charge < -0.3 is 18.9 Å². The zero-order chi connectivity index (χ0) is 18.5. The van der Waals surface area contributed by atoms with Crippen LogP contribution >= 0.6 is 0 Å². The van der Waals surface area contributed by atoms with Crippen molar-refractivity contribution in [3.63, 3.8) is 0 Å². The van der Waals surface area contributed by atoms with Gasteiger partial charge in [0.25, 0.3) is 0 Å². The van der Waals surface area contributed by atoms with Crippen LogP contribution in [0.1, 0.15) is 0 Å².